The number of carbonyl (C=O) groups excluding carboxylic acids is 1. The number of hydrogen-bond donors (Lipinski definition) is 0. The minimum atomic E-state index is -0.534. The largest absolute Gasteiger partial charge is 0.444 e. The Labute approximate surface area is 209 Å². The minimum Gasteiger partial charge on any atom is -0.444 e. The van der Waals surface area contributed by atoms with Crippen LogP contribution in [0.2, 0.25) is 5.15 Å². The van der Waals surface area contributed by atoms with Gasteiger partial charge in [0, 0.05) is 55.3 Å². The summed E-state index contributed by atoms with van der Waals surface area (Å²) in [6, 6.07) is 1.76. The molecule has 0 radical (unpaired) electrons. The lowest BCUT2D eigenvalue weighted by Crippen LogP contribution is -2.43. The van der Waals surface area contributed by atoms with Crippen LogP contribution in [0.15, 0.2) is 29.3 Å². The van der Waals surface area contributed by atoms with Gasteiger partial charge < -0.3 is 23.7 Å². The zero-order chi connectivity index (χ0) is 24.8. The number of fused-ring (bicyclic) bond motifs is 1. The molecule has 2 aromatic rings. The minimum absolute atomic E-state index is 0.0166. The van der Waals surface area contributed by atoms with E-state index in [4.69, 9.17) is 25.8 Å². The number of hydrogen-bond acceptors (Lipinski definition) is 6. The maximum Gasteiger partial charge on any atom is 0.410 e. The number of pyridine rings is 2. The van der Waals surface area contributed by atoms with Gasteiger partial charge in [0.25, 0.3) is 5.56 Å². The van der Waals surface area contributed by atoms with Crippen molar-refractivity contribution in [1.82, 2.24) is 14.5 Å². The van der Waals surface area contributed by atoms with Crippen LogP contribution in [0.5, 0.6) is 0 Å². The summed E-state index contributed by atoms with van der Waals surface area (Å²) < 4.78 is 19.1. The summed E-state index contributed by atoms with van der Waals surface area (Å²) in [5.41, 5.74) is 1.53. The Morgan fingerprint density at radius 2 is 1.91 bits per heavy atom. The molecule has 1 amide bonds. The number of halogens is 1. The molecule has 0 atom stereocenters. The molecule has 8 nitrogen and oxygen atoms in total. The van der Waals surface area contributed by atoms with Crippen molar-refractivity contribution in [3.8, 4) is 0 Å². The van der Waals surface area contributed by atoms with Crippen LogP contribution in [0.25, 0.3) is 16.3 Å². The summed E-state index contributed by atoms with van der Waals surface area (Å²) >= 11 is 6.23. The van der Waals surface area contributed by atoms with Crippen LogP contribution in [-0.2, 0) is 14.2 Å². The van der Waals surface area contributed by atoms with E-state index in [9.17, 15) is 9.59 Å². The van der Waals surface area contributed by atoms with Crippen LogP contribution in [0, 0.1) is 0 Å². The van der Waals surface area contributed by atoms with E-state index in [1.54, 1.807) is 17.2 Å². The molecule has 0 aromatic carbocycles. The standard InChI is InChI=1S/C26H32ClN3O5/c1-25(2,3)35-24(32)29-10-6-18(7-11-29)30-16-21(19-14-22(27)28-15-20(19)23(30)31)17-4-8-26(9-5-17)33-12-13-34-26/h4,14-16,18H,5-13H2,1-3H3. The second kappa shape index (κ2) is 9.22. The lowest BCUT2D eigenvalue weighted by Gasteiger charge is -2.34. The number of ether oxygens (including phenoxy) is 3. The van der Waals surface area contributed by atoms with Gasteiger partial charge in [-0.2, -0.15) is 0 Å². The van der Waals surface area contributed by atoms with Gasteiger partial charge in [0.05, 0.1) is 18.6 Å². The van der Waals surface area contributed by atoms with E-state index in [-0.39, 0.29) is 17.7 Å². The van der Waals surface area contributed by atoms with Gasteiger partial charge in [0.2, 0.25) is 0 Å². The highest BCUT2D eigenvalue weighted by Gasteiger charge is 2.38. The predicted octanol–water partition coefficient (Wildman–Crippen LogP) is 4.93. The zero-order valence-corrected chi connectivity index (χ0v) is 21.3. The predicted molar refractivity (Wildman–Crippen MR) is 134 cm³/mol. The van der Waals surface area contributed by atoms with Gasteiger partial charge in [-0.1, -0.05) is 17.7 Å². The Bertz CT molecular complexity index is 1220. The molecular formula is C26H32ClN3O5. The number of nitrogens with zero attached hydrogens (tertiary/aromatic N) is 3. The van der Waals surface area contributed by atoms with Crippen molar-refractivity contribution in [3.05, 3.63) is 45.6 Å². The number of aromatic nitrogens is 2. The number of rotatable bonds is 2. The van der Waals surface area contributed by atoms with Gasteiger partial charge in [0.15, 0.2) is 5.79 Å². The summed E-state index contributed by atoms with van der Waals surface area (Å²) in [6.45, 7) is 7.92. The van der Waals surface area contributed by atoms with Crippen LogP contribution in [-0.4, -0.2) is 58.2 Å². The van der Waals surface area contributed by atoms with Gasteiger partial charge in [-0.25, -0.2) is 9.78 Å². The number of allylic oxidation sites excluding steroid dienone is 1. The molecule has 0 saturated carbocycles. The molecule has 1 aliphatic carbocycles. The Hall–Kier alpha value is -2.42. The molecule has 2 aromatic heterocycles. The fraction of sp³-hybridized carbons (Fsp3) is 0.577. The zero-order valence-electron chi connectivity index (χ0n) is 20.5. The van der Waals surface area contributed by atoms with Crippen molar-refractivity contribution < 1.29 is 19.0 Å². The fourth-order valence-electron chi connectivity index (χ4n) is 5.22. The average molecular weight is 502 g/mol. The van der Waals surface area contributed by atoms with E-state index in [2.05, 4.69) is 11.1 Å². The molecule has 2 fully saturated rings. The van der Waals surface area contributed by atoms with Crippen molar-refractivity contribution in [1.29, 1.82) is 0 Å². The molecule has 0 bridgehead atoms. The van der Waals surface area contributed by atoms with E-state index in [1.165, 1.54) is 0 Å². The van der Waals surface area contributed by atoms with Crippen molar-refractivity contribution >= 4 is 34.0 Å². The maximum absolute atomic E-state index is 13.5. The molecule has 1 spiro atoms. The van der Waals surface area contributed by atoms with E-state index >= 15 is 0 Å². The first kappa shape index (κ1) is 24.3. The van der Waals surface area contributed by atoms with E-state index in [1.807, 2.05) is 31.5 Å². The van der Waals surface area contributed by atoms with Gasteiger partial charge in [0.1, 0.15) is 10.8 Å². The van der Waals surface area contributed by atoms with Crippen LogP contribution in [0.4, 0.5) is 4.79 Å². The van der Waals surface area contributed by atoms with Crippen molar-refractivity contribution in [2.75, 3.05) is 26.3 Å². The lowest BCUT2D eigenvalue weighted by atomic mass is 9.88. The molecule has 5 rings (SSSR count). The van der Waals surface area contributed by atoms with Gasteiger partial charge in [-0.05, 0) is 51.7 Å². The van der Waals surface area contributed by atoms with Crippen molar-refractivity contribution in [3.63, 3.8) is 0 Å². The summed E-state index contributed by atoms with van der Waals surface area (Å²) in [7, 11) is 0. The van der Waals surface area contributed by atoms with Gasteiger partial charge in [-0.15, -0.1) is 0 Å². The quantitative estimate of drug-likeness (QED) is 0.542. The summed E-state index contributed by atoms with van der Waals surface area (Å²) in [4.78, 5) is 31.9. The van der Waals surface area contributed by atoms with Gasteiger partial charge >= 0.3 is 6.09 Å². The first-order valence-corrected chi connectivity index (χ1v) is 12.7. The third kappa shape index (κ3) is 4.97. The average Bonchev–Trinajstić information content (AvgIpc) is 3.27. The van der Waals surface area contributed by atoms with Crippen molar-refractivity contribution in [2.45, 2.75) is 70.3 Å². The summed E-state index contributed by atoms with van der Waals surface area (Å²) in [5.74, 6) is -0.512. The monoisotopic (exact) mass is 501 g/mol. The highest BCUT2D eigenvalue weighted by Crippen LogP contribution is 2.40. The third-order valence-electron chi connectivity index (χ3n) is 7.00. The first-order chi connectivity index (χ1) is 16.6. The maximum atomic E-state index is 13.5. The molecule has 4 heterocycles. The lowest BCUT2D eigenvalue weighted by molar-refractivity contribution is -0.159. The van der Waals surface area contributed by atoms with Crippen LogP contribution in [0.1, 0.15) is 64.5 Å². The number of likely N-dealkylation sites (tertiary alicyclic amines) is 1. The van der Waals surface area contributed by atoms with Crippen LogP contribution < -0.4 is 5.56 Å². The fourth-order valence-corrected chi connectivity index (χ4v) is 5.38. The molecule has 35 heavy (non-hydrogen) atoms. The smallest absolute Gasteiger partial charge is 0.410 e. The molecular weight excluding hydrogens is 470 g/mol. The van der Waals surface area contributed by atoms with Crippen LogP contribution >= 0.6 is 11.6 Å². The Morgan fingerprint density at radius 3 is 2.54 bits per heavy atom. The first-order valence-electron chi connectivity index (χ1n) is 12.3. The highest BCUT2D eigenvalue weighted by molar-refractivity contribution is 6.30. The summed E-state index contributed by atoms with van der Waals surface area (Å²) in [6.07, 6.45) is 8.98. The Kier molecular flexibility index (Phi) is 6.40. The molecule has 9 heteroatoms. The molecule has 0 N–H and O–H groups in total. The second-order valence-electron chi connectivity index (χ2n) is 10.5. The Morgan fingerprint density at radius 1 is 1.20 bits per heavy atom. The summed E-state index contributed by atoms with van der Waals surface area (Å²) in [5, 5.41) is 1.72. The molecule has 0 unspecified atom stereocenters. The van der Waals surface area contributed by atoms with E-state index < -0.39 is 11.4 Å². The van der Waals surface area contributed by atoms with E-state index in [0.29, 0.717) is 56.1 Å². The molecule has 2 saturated heterocycles. The van der Waals surface area contributed by atoms with Crippen molar-refractivity contribution in [2.24, 2.45) is 0 Å². The molecule has 2 aliphatic heterocycles. The Balaban J connectivity index is 1.45. The third-order valence-corrected chi connectivity index (χ3v) is 7.20. The highest BCUT2D eigenvalue weighted by atomic mass is 35.5. The number of carbonyl (C=O) groups is 1. The number of amides is 1. The van der Waals surface area contributed by atoms with Gasteiger partial charge in [-0.3, -0.25) is 4.79 Å². The molecule has 188 valence electrons. The molecule has 3 aliphatic rings. The van der Waals surface area contributed by atoms with Crippen LogP contribution in [0.3, 0.4) is 0 Å². The SMILES string of the molecule is CC(C)(C)OC(=O)N1CCC(n2cc(C3=CCC4(CC3)OCCO4)c3cc(Cl)ncc3c2=O)CC1. The van der Waals surface area contributed by atoms with E-state index in [0.717, 1.165) is 29.4 Å². The normalized spacial score (nSPS) is 20.9. The number of piperidine rings is 1. The topological polar surface area (TPSA) is 82.9 Å². The second-order valence-corrected chi connectivity index (χ2v) is 10.9.